The molecular weight excluding hydrogens is 292 g/mol. The van der Waals surface area contributed by atoms with E-state index in [1.807, 2.05) is 6.07 Å². The quantitative estimate of drug-likeness (QED) is 0.530. The van der Waals surface area contributed by atoms with Gasteiger partial charge in [0.2, 0.25) is 5.91 Å². The summed E-state index contributed by atoms with van der Waals surface area (Å²) < 4.78 is 0. The molecule has 20 heavy (non-hydrogen) atoms. The molecule has 0 atom stereocenters. The van der Waals surface area contributed by atoms with E-state index in [4.69, 9.17) is 5.26 Å². The summed E-state index contributed by atoms with van der Waals surface area (Å²) in [4.78, 5) is 22.6. The third-order valence-electron chi connectivity index (χ3n) is 3.17. The van der Waals surface area contributed by atoms with E-state index in [1.165, 1.54) is 28.6 Å². The normalized spacial score (nSPS) is 13.2. The molecule has 0 unspecified atom stereocenters. The Labute approximate surface area is 124 Å². The van der Waals surface area contributed by atoms with Crippen LogP contribution in [0.3, 0.4) is 0 Å². The van der Waals surface area contributed by atoms with Crippen molar-refractivity contribution >= 4 is 39.2 Å². The molecular formula is C13H12N4OS2. The van der Waals surface area contributed by atoms with Crippen molar-refractivity contribution in [2.24, 2.45) is 0 Å². The van der Waals surface area contributed by atoms with Gasteiger partial charge in [-0.1, -0.05) is 11.8 Å². The number of fused-ring (bicyclic) bond motifs is 3. The van der Waals surface area contributed by atoms with Gasteiger partial charge in [0.05, 0.1) is 11.8 Å². The summed E-state index contributed by atoms with van der Waals surface area (Å²) in [6.07, 6.45) is 4.96. The number of amides is 1. The number of thiophene rings is 1. The molecule has 0 saturated carbocycles. The van der Waals surface area contributed by atoms with E-state index in [2.05, 4.69) is 15.3 Å². The number of aryl methyl sites for hydroxylation is 2. The van der Waals surface area contributed by atoms with Gasteiger partial charge in [0.25, 0.3) is 0 Å². The molecule has 5 nitrogen and oxygen atoms in total. The van der Waals surface area contributed by atoms with E-state index in [9.17, 15) is 4.79 Å². The van der Waals surface area contributed by atoms with Gasteiger partial charge in [0.1, 0.15) is 22.7 Å². The molecule has 0 aromatic carbocycles. The van der Waals surface area contributed by atoms with Gasteiger partial charge in [0, 0.05) is 10.3 Å². The lowest BCUT2D eigenvalue weighted by Crippen LogP contribution is -2.25. The second kappa shape index (κ2) is 5.77. The fourth-order valence-corrected chi connectivity index (χ4v) is 4.48. The van der Waals surface area contributed by atoms with Crippen molar-refractivity contribution in [3.8, 4) is 6.07 Å². The first-order chi connectivity index (χ1) is 9.79. The Bertz CT molecular complexity index is 704. The molecule has 1 aliphatic rings. The number of nitrogens with one attached hydrogen (secondary N) is 1. The van der Waals surface area contributed by atoms with Crippen LogP contribution in [0, 0.1) is 11.3 Å². The minimum absolute atomic E-state index is 0.0480. The molecule has 2 aromatic heterocycles. The van der Waals surface area contributed by atoms with Crippen LogP contribution in [0.15, 0.2) is 11.4 Å². The molecule has 0 radical (unpaired) electrons. The number of hydrogen-bond donors (Lipinski definition) is 1. The van der Waals surface area contributed by atoms with E-state index in [0.29, 0.717) is 0 Å². The van der Waals surface area contributed by atoms with Crippen LogP contribution in [0.5, 0.6) is 0 Å². The standard InChI is InChI=1S/C13H12N4OS2/c14-4-5-15-10(18)6-19-12-11-8-2-1-3-9(8)20-13(11)17-7-16-12/h7H,1-3,5-6H2,(H,15,18). The lowest BCUT2D eigenvalue weighted by molar-refractivity contribution is -0.118. The van der Waals surface area contributed by atoms with Gasteiger partial charge in [-0.25, -0.2) is 9.97 Å². The van der Waals surface area contributed by atoms with Gasteiger partial charge in [-0.15, -0.1) is 11.3 Å². The highest BCUT2D eigenvalue weighted by molar-refractivity contribution is 8.00. The lowest BCUT2D eigenvalue weighted by Gasteiger charge is -2.03. The van der Waals surface area contributed by atoms with Gasteiger partial charge >= 0.3 is 0 Å². The second-order valence-electron chi connectivity index (χ2n) is 4.44. The Morgan fingerprint density at radius 2 is 2.40 bits per heavy atom. The summed E-state index contributed by atoms with van der Waals surface area (Å²) in [5.74, 6) is 0.133. The fraction of sp³-hybridized carbons (Fsp3) is 0.385. The molecule has 3 rings (SSSR count). The molecule has 0 bridgehead atoms. The molecule has 1 aliphatic carbocycles. The first-order valence-corrected chi connectivity index (χ1v) is 8.11. The number of rotatable bonds is 4. The molecule has 0 aliphatic heterocycles. The van der Waals surface area contributed by atoms with Crippen molar-refractivity contribution in [3.63, 3.8) is 0 Å². The largest absolute Gasteiger partial charge is 0.342 e. The van der Waals surface area contributed by atoms with E-state index >= 15 is 0 Å². The predicted octanol–water partition coefficient (Wildman–Crippen LogP) is 1.91. The van der Waals surface area contributed by atoms with Gasteiger partial charge in [-0.2, -0.15) is 5.26 Å². The summed E-state index contributed by atoms with van der Waals surface area (Å²) >= 11 is 3.15. The van der Waals surface area contributed by atoms with Crippen LogP contribution in [0.1, 0.15) is 16.9 Å². The number of carbonyl (C=O) groups is 1. The number of nitrogens with zero attached hydrogens (tertiary/aromatic N) is 3. The van der Waals surface area contributed by atoms with Gasteiger partial charge in [-0.3, -0.25) is 4.79 Å². The van der Waals surface area contributed by atoms with Gasteiger partial charge in [0.15, 0.2) is 0 Å². The monoisotopic (exact) mass is 304 g/mol. The Kier molecular flexibility index (Phi) is 3.85. The fourth-order valence-electron chi connectivity index (χ4n) is 2.33. The highest BCUT2D eigenvalue weighted by atomic mass is 32.2. The number of nitriles is 1. The maximum Gasteiger partial charge on any atom is 0.231 e. The number of thioether (sulfide) groups is 1. The molecule has 0 fully saturated rings. The molecule has 2 heterocycles. The van der Waals surface area contributed by atoms with Gasteiger partial charge < -0.3 is 5.32 Å². The Morgan fingerprint density at radius 3 is 3.25 bits per heavy atom. The number of hydrogen-bond acceptors (Lipinski definition) is 6. The van der Waals surface area contributed by atoms with Crippen LogP contribution in [0.25, 0.3) is 10.2 Å². The molecule has 7 heteroatoms. The third kappa shape index (κ3) is 2.49. The van der Waals surface area contributed by atoms with Crippen molar-refractivity contribution in [1.29, 1.82) is 5.26 Å². The average molecular weight is 304 g/mol. The van der Waals surface area contributed by atoms with Crippen LogP contribution in [-0.2, 0) is 17.6 Å². The topological polar surface area (TPSA) is 78.7 Å². The summed E-state index contributed by atoms with van der Waals surface area (Å²) in [7, 11) is 0. The smallest absolute Gasteiger partial charge is 0.231 e. The first kappa shape index (κ1) is 13.3. The molecule has 1 amide bonds. The summed E-state index contributed by atoms with van der Waals surface area (Å²) in [6.45, 7) is 0.0480. The Morgan fingerprint density at radius 1 is 1.50 bits per heavy atom. The maximum absolute atomic E-state index is 11.6. The average Bonchev–Trinajstić information content (AvgIpc) is 3.03. The highest BCUT2D eigenvalue weighted by Gasteiger charge is 2.21. The van der Waals surface area contributed by atoms with Crippen LogP contribution >= 0.6 is 23.1 Å². The summed E-state index contributed by atoms with van der Waals surface area (Å²) in [5.41, 5.74) is 1.37. The Hall–Kier alpha value is -1.65. The highest BCUT2D eigenvalue weighted by Crippen LogP contribution is 2.39. The van der Waals surface area contributed by atoms with Gasteiger partial charge in [-0.05, 0) is 24.8 Å². The predicted molar refractivity (Wildman–Crippen MR) is 78.8 cm³/mol. The zero-order chi connectivity index (χ0) is 13.9. The molecule has 0 saturated heterocycles. The van der Waals surface area contributed by atoms with E-state index in [0.717, 1.165) is 28.1 Å². The number of carbonyl (C=O) groups excluding carboxylic acids is 1. The van der Waals surface area contributed by atoms with Crippen LogP contribution in [0.2, 0.25) is 0 Å². The van der Waals surface area contributed by atoms with Crippen molar-refractivity contribution in [2.75, 3.05) is 12.3 Å². The second-order valence-corrected chi connectivity index (χ2v) is 6.49. The third-order valence-corrected chi connectivity index (χ3v) is 5.36. The zero-order valence-electron chi connectivity index (χ0n) is 10.7. The van der Waals surface area contributed by atoms with E-state index < -0.39 is 0 Å². The van der Waals surface area contributed by atoms with Crippen molar-refractivity contribution in [3.05, 3.63) is 16.8 Å². The number of aromatic nitrogens is 2. The van der Waals surface area contributed by atoms with Crippen molar-refractivity contribution in [1.82, 2.24) is 15.3 Å². The van der Waals surface area contributed by atoms with Crippen LogP contribution in [0.4, 0.5) is 0 Å². The minimum atomic E-state index is -0.143. The minimum Gasteiger partial charge on any atom is -0.342 e. The van der Waals surface area contributed by atoms with Crippen molar-refractivity contribution < 1.29 is 4.79 Å². The Balaban J connectivity index is 1.82. The SMILES string of the molecule is N#CCNC(=O)CSc1ncnc2sc3c(c12)CCC3. The summed E-state index contributed by atoms with van der Waals surface area (Å²) in [5, 5.41) is 13.0. The lowest BCUT2D eigenvalue weighted by atomic mass is 10.2. The molecule has 1 N–H and O–H groups in total. The molecule has 102 valence electrons. The summed E-state index contributed by atoms with van der Waals surface area (Å²) in [6, 6.07) is 1.89. The molecule has 2 aromatic rings. The first-order valence-electron chi connectivity index (χ1n) is 6.31. The van der Waals surface area contributed by atoms with E-state index in [1.54, 1.807) is 17.7 Å². The maximum atomic E-state index is 11.6. The van der Waals surface area contributed by atoms with E-state index in [-0.39, 0.29) is 18.2 Å². The van der Waals surface area contributed by atoms with Crippen LogP contribution < -0.4 is 5.32 Å². The van der Waals surface area contributed by atoms with Crippen LogP contribution in [-0.4, -0.2) is 28.2 Å². The zero-order valence-corrected chi connectivity index (χ0v) is 12.3. The van der Waals surface area contributed by atoms with Crippen molar-refractivity contribution in [2.45, 2.75) is 24.3 Å². The molecule has 0 spiro atoms.